The van der Waals surface area contributed by atoms with Crippen LogP contribution in [0.2, 0.25) is 0 Å². The first-order chi connectivity index (χ1) is 11.3. The van der Waals surface area contributed by atoms with Crippen LogP contribution in [0, 0.1) is 0 Å². The van der Waals surface area contributed by atoms with Crippen molar-refractivity contribution in [3.05, 3.63) is 83.9 Å². The summed E-state index contributed by atoms with van der Waals surface area (Å²) in [4.78, 5) is 12.7. The quantitative estimate of drug-likeness (QED) is 0.769. The van der Waals surface area contributed by atoms with Gasteiger partial charge in [-0.05, 0) is 34.7 Å². The van der Waals surface area contributed by atoms with Gasteiger partial charge < -0.3 is 5.32 Å². The number of amides is 1. The van der Waals surface area contributed by atoms with Crippen molar-refractivity contribution in [2.45, 2.75) is 24.8 Å². The number of carbonyl (C=O) groups is 1. The number of rotatable bonds is 4. The molecule has 0 saturated heterocycles. The number of benzene rings is 3. The molecule has 0 heterocycles. The Morgan fingerprint density at radius 2 is 1.57 bits per heavy atom. The van der Waals surface area contributed by atoms with Gasteiger partial charge in [-0.1, -0.05) is 72.8 Å². The number of hydrogen-bond donors (Lipinski definition) is 1. The Hall–Kier alpha value is -2.61. The van der Waals surface area contributed by atoms with E-state index in [0.29, 0.717) is 6.54 Å². The molecule has 1 N–H and O–H groups in total. The van der Waals surface area contributed by atoms with Crippen molar-refractivity contribution >= 4 is 16.7 Å². The van der Waals surface area contributed by atoms with Gasteiger partial charge >= 0.3 is 0 Å². The van der Waals surface area contributed by atoms with Crippen molar-refractivity contribution in [3.63, 3.8) is 0 Å². The van der Waals surface area contributed by atoms with Crippen molar-refractivity contribution in [1.29, 1.82) is 0 Å². The molecule has 1 aliphatic carbocycles. The van der Waals surface area contributed by atoms with Crippen molar-refractivity contribution in [1.82, 2.24) is 5.32 Å². The van der Waals surface area contributed by atoms with Gasteiger partial charge in [-0.3, -0.25) is 4.79 Å². The molecule has 1 aliphatic rings. The number of carbonyl (C=O) groups excluding carboxylic acids is 1. The molecule has 3 aromatic rings. The molecule has 4 rings (SSSR count). The zero-order chi connectivity index (χ0) is 15.7. The van der Waals surface area contributed by atoms with E-state index in [1.54, 1.807) is 0 Å². The molecule has 1 saturated carbocycles. The maximum Gasteiger partial charge on any atom is 0.230 e. The van der Waals surface area contributed by atoms with Crippen molar-refractivity contribution in [2.24, 2.45) is 0 Å². The van der Waals surface area contributed by atoms with Gasteiger partial charge in [-0.15, -0.1) is 0 Å². The fraction of sp³-hybridized carbons (Fsp3) is 0.190. The van der Waals surface area contributed by atoms with Crippen LogP contribution in [0.4, 0.5) is 0 Å². The summed E-state index contributed by atoms with van der Waals surface area (Å²) < 4.78 is 0. The number of hydrogen-bond acceptors (Lipinski definition) is 1. The largest absolute Gasteiger partial charge is 0.351 e. The monoisotopic (exact) mass is 301 g/mol. The van der Waals surface area contributed by atoms with Gasteiger partial charge in [-0.2, -0.15) is 0 Å². The zero-order valence-corrected chi connectivity index (χ0v) is 13.0. The molecule has 0 atom stereocenters. The second kappa shape index (κ2) is 5.54. The average Bonchev–Trinajstić information content (AvgIpc) is 3.42. The van der Waals surface area contributed by atoms with Crippen molar-refractivity contribution < 1.29 is 4.79 Å². The SMILES string of the molecule is O=C(NCc1cccc2ccccc12)C1(c2ccccc2)CC1. The van der Waals surface area contributed by atoms with E-state index in [1.807, 2.05) is 36.4 Å². The summed E-state index contributed by atoms with van der Waals surface area (Å²) in [7, 11) is 0. The van der Waals surface area contributed by atoms with Gasteiger partial charge in [0, 0.05) is 6.54 Å². The summed E-state index contributed by atoms with van der Waals surface area (Å²) in [6.07, 6.45) is 1.89. The Morgan fingerprint density at radius 1 is 0.870 bits per heavy atom. The van der Waals surface area contributed by atoms with Gasteiger partial charge in [-0.25, -0.2) is 0 Å². The maximum absolute atomic E-state index is 12.7. The zero-order valence-electron chi connectivity index (χ0n) is 13.0. The lowest BCUT2D eigenvalue weighted by molar-refractivity contribution is -0.123. The normalized spacial score (nSPS) is 15.3. The van der Waals surface area contributed by atoms with Crippen LogP contribution in [0.5, 0.6) is 0 Å². The van der Waals surface area contributed by atoms with Gasteiger partial charge in [0.25, 0.3) is 0 Å². The maximum atomic E-state index is 12.7. The predicted octanol–water partition coefficient (Wildman–Crippen LogP) is 4.19. The van der Waals surface area contributed by atoms with Crippen LogP contribution in [0.1, 0.15) is 24.0 Å². The fourth-order valence-corrected chi connectivity index (χ4v) is 3.32. The number of nitrogens with one attached hydrogen (secondary N) is 1. The minimum absolute atomic E-state index is 0.150. The molecule has 0 radical (unpaired) electrons. The smallest absolute Gasteiger partial charge is 0.230 e. The van der Waals surface area contributed by atoms with E-state index < -0.39 is 0 Å². The molecular weight excluding hydrogens is 282 g/mol. The molecule has 1 amide bonds. The highest BCUT2D eigenvalue weighted by atomic mass is 16.2. The minimum Gasteiger partial charge on any atom is -0.351 e. The molecule has 0 unspecified atom stereocenters. The Balaban J connectivity index is 1.54. The van der Waals surface area contributed by atoms with Gasteiger partial charge in [0.15, 0.2) is 0 Å². The molecule has 0 spiro atoms. The Kier molecular flexibility index (Phi) is 3.38. The predicted molar refractivity (Wildman–Crippen MR) is 93.1 cm³/mol. The van der Waals surface area contributed by atoms with Crippen LogP contribution < -0.4 is 5.32 Å². The van der Waals surface area contributed by atoms with Crippen molar-refractivity contribution in [3.8, 4) is 0 Å². The highest BCUT2D eigenvalue weighted by Crippen LogP contribution is 2.48. The second-order valence-electron chi connectivity index (χ2n) is 6.27. The minimum atomic E-state index is -0.300. The van der Waals surface area contributed by atoms with E-state index in [2.05, 4.69) is 41.7 Å². The molecule has 23 heavy (non-hydrogen) atoms. The third-order valence-corrected chi connectivity index (χ3v) is 4.83. The van der Waals surface area contributed by atoms with Crippen LogP contribution >= 0.6 is 0 Å². The van der Waals surface area contributed by atoms with Gasteiger partial charge in [0.2, 0.25) is 5.91 Å². The Labute approximate surface area is 136 Å². The van der Waals surface area contributed by atoms with Gasteiger partial charge in [0.05, 0.1) is 5.41 Å². The van der Waals surface area contributed by atoms with E-state index in [1.165, 1.54) is 16.3 Å². The average molecular weight is 301 g/mol. The van der Waals surface area contributed by atoms with Gasteiger partial charge in [0.1, 0.15) is 0 Å². The Morgan fingerprint density at radius 3 is 2.35 bits per heavy atom. The van der Waals surface area contributed by atoms with E-state index in [9.17, 15) is 4.79 Å². The molecule has 2 heteroatoms. The van der Waals surface area contributed by atoms with Crippen LogP contribution in [-0.4, -0.2) is 5.91 Å². The van der Waals surface area contributed by atoms with E-state index >= 15 is 0 Å². The summed E-state index contributed by atoms with van der Waals surface area (Å²) in [5.74, 6) is 0.150. The third kappa shape index (κ3) is 2.50. The van der Waals surface area contributed by atoms with Crippen LogP contribution in [0.15, 0.2) is 72.8 Å². The summed E-state index contributed by atoms with van der Waals surface area (Å²) in [6.45, 7) is 0.578. The standard InChI is InChI=1S/C21H19NO/c23-20(21(13-14-21)18-10-2-1-3-11-18)22-15-17-9-6-8-16-7-4-5-12-19(16)17/h1-12H,13-15H2,(H,22,23). The summed E-state index contributed by atoms with van der Waals surface area (Å²) in [5.41, 5.74) is 2.00. The second-order valence-corrected chi connectivity index (χ2v) is 6.27. The highest BCUT2D eigenvalue weighted by molar-refractivity contribution is 5.92. The van der Waals surface area contributed by atoms with Crippen LogP contribution in [0.3, 0.4) is 0 Å². The third-order valence-electron chi connectivity index (χ3n) is 4.83. The van der Waals surface area contributed by atoms with E-state index in [-0.39, 0.29) is 11.3 Å². The first kappa shape index (κ1) is 14.0. The summed E-state index contributed by atoms with van der Waals surface area (Å²) in [6, 6.07) is 24.7. The lowest BCUT2D eigenvalue weighted by atomic mass is 9.95. The molecule has 0 aromatic heterocycles. The summed E-state index contributed by atoms with van der Waals surface area (Å²) >= 11 is 0. The van der Waals surface area contributed by atoms with E-state index in [4.69, 9.17) is 0 Å². The lowest BCUT2D eigenvalue weighted by Gasteiger charge is -2.16. The van der Waals surface area contributed by atoms with Crippen LogP contribution in [0.25, 0.3) is 10.8 Å². The van der Waals surface area contributed by atoms with E-state index in [0.717, 1.165) is 18.4 Å². The first-order valence-electron chi connectivity index (χ1n) is 8.10. The highest BCUT2D eigenvalue weighted by Gasteiger charge is 2.50. The number of fused-ring (bicyclic) bond motifs is 1. The molecule has 2 nitrogen and oxygen atoms in total. The van der Waals surface area contributed by atoms with Crippen molar-refractivity contribution in [2.75, 3.05) is 0 Å². The molecule has 1 fully saturated rings. The summed E-state index contributed by atoms with van der Waals surface area (Å²) in [5, 5.41) is 5.57. The van der Waals surface area contributed by atoms with Crippen LogP contribution in [-0.2, 0) is 16.8 Å². The Bertz CT molecular complexity index is 845. The fourth-order valence-electron chi connectivity index (χ4n) is 3.32. The molecule has 0 aliphatic heterocycles. The first-order valence-corrected chi connectivity index (χ1v) is 8.10. The molecule has 0 bridgehead atoms. The lowest BCUT2D eigenvalue weighted by Crippen LogP contribution is -2.34. The molecule has 3 aromatic carbocycles. The molecule has 114 valence electrons. The topological polar surface area (TPSA) is 29.1 Å². The molecular formula is C21H19NO.